The highest BCUT2D eigenvalue weighted by Gasteiger charge is 2.17. The Morgan fingerprint density at radius 1 is 0.821 bits per heavy atom. The number of amides is 2. The molecule has 0 heterocycles. The van der Waals surface area contributed by atoms with Crippen LogP contribution in [0.3, 0.4) is 0 Å². The summed E-state index contributed by atoms with van der Waals surface area (Å²) in [5.74, 6) is -0.244. The van der Waals surface area contributed by atoms with Gasteiger partial charge in [0, 0.05) is 5.69 Å². The molecular weight excluding hydrogens is 376 g/mol. The number of hydrogen-bond acceptors (Lipinski definition) is 3. The maximum absolute atomic E-state index is 12.2. The largest absolute Gasteiger partial charge is 0.457 e. The zero-order valence-electron chi connectivity index (χ0n) is 15.5. The highest BCUT2D eigenvalue weighted by molar-refractivity contribution is 6.45. The molecule has 0 aliphatic heterocycles. The van der Waals surface area contributed by atoms with E-state index in [1.807, 2.05) is 50.2 Å². The predicted octanol–water partition coefficient (Wildman–Crippen LogP) is 5.33. The van der Waals surface area contributed by atoms with Crippen molar-refractivity contribution in [2.45, 2.75) is 13.8 Å². The summed E-state index contributed by atoms with van der Waals surface area (Å²) < 4.78 is 5.69. The molecule has 28 heavy (non-hydrogen) atoms. The highest BCUT2D eigenvalue weighted by Crippen LogP contribution is 2.27. The predicted molar refractivity (Wildman–Crippen MR) is 111 cm³/mol. The number of benzene rings is 3. The molecule has 5 nitrogen and oxygen atoms in total. The standard InChI is InChI=1S/C22H19ClN2O3/c1-14-12-15(2)20(19(23)13-14)25-22(27)21(26)24-16-8-10-18(11-9-16)28-17-6-4-3-5-7-17/h3-13H,1-2H3,(H,24,26)(H,25,27). The molecule has 0 aliphatic carbocycles. The SMILES string of the molecule is Cc1cc(C)c(NC(=O)C(=O)Nc2ccc(Oc3ccccc3)cc2)c(Cl)c1. The minimum absolute atomic E-state index is 0.390. The average molecular weight is 395 g/mol. The molecule has 6 heteroatoms. The fourth-order valence-electron chi connectivity index (χ4n) is 2.66. The molecule has 0 spiro atoms. The van der Waals surface area contributed by atoms with Gasteiger partial charge in [0.15, 0.2) is 0 Å². The number of aryl methyl sites for hydroxylation is 2. The Bertz CT molecular complexity index is 979. The number of nitrogens with one attached hydrogen (secondary N) is 2. The summed E-state index contributed by atoms with van der Waals surface area (Å²) in [5.41, 5.74) is 2.67. The van der Waals surface area contributed by atoms with Crippen LogP contribution in [0, 0.1) is 13.8 Å². The van der Waals surface area contributed by atoms with Crippen molar-refractivity contribution in [1.82, 2.24) is 0 Å². The molecule has 2 amide bonds. The van der Waals surface area contributed by atoms with Crippen LogP contribution in [-0.2, 0) is 9.59 Å². The Hall–Kier alpha value is -3.31. The van der Waals surface area contributed by atoms with Crippen LogP contribution in [0.4, 0.5) is 11.4 Å². The molecule has 0 atom stereocenters. The average Bonchev–Trinajstić information content (AvgIpc) is 2.67. The normalized spacial score (nSPS) is 10.2. The van der Waals surface area contributed by atoms with Gasteiger partial charge in [-0.05, 0) is 67.4 Å². The Morgan fingerprint density at radius 3 is 2.07 bits per heavy atom. The van der Waals surface area contributed by atoms with Gasteiger partial charge in [-0.1, -0.05) is 35.9 Å². The zero-order valence-corrected chi connectivity index (χ0v) is 16.2. The van der Waals surface area contributed by atoms with Gasteiger partial charge in [-0.25, -0.2) is 0 Å². The lowest BCUT2D eigenvalue weighted by molar-refractivity contribution is -0.133. The van der Waals surface area contributed by atoms with Crippen molar-refractivity contribution in [1.29, 1.82) is 0 Å². The molecule has 142 valence electrons. The third-order valence-corrected chi connectivity index (χ3v) is 4.27. The van der Waals surface area contributed by atoms with Crippen molar-refractivity contribution >= 4 is 34.8 Å². The molecule has 0 unspecified atom stereocenters. The van der Waals surface area contributed by atoms with E-state index in [-0.39, 0.29) is 0 Å². The molecule has 3 rings (SSSR count). The second kappa shape index (κ2) is 8.59. The molecule has 0 saturated carbocycles. The molecule has 0 bridgehead atoms. The molecule has 0 aliphatic rings. The quantitative estimate of drug-likeness (QED) is 0.588. The Kier molecular flexibility index (Phi) is 5.96. The summed E-state index contributed by atoms with van der Waals surface area (Å²) in [6.45, 7) is 3.72. The van der Waals surface area contributed by atoms with Gasteiger partial charge in [0.2, 0.25) is 0 Å². The fourth-order valence-corrected chi connectivity index (χ4v) is 3.03. The van der Waals surface area contributed by atoms with Gasteiger partial charge in [-0.15, -0.1) is 0 Å². The lowest BCUT2D eigenvalue weighted by Crippen LogP contribution is -2.29. The van der Waals surface area contributed by atoms with Crippen LogP contribution in [0.15, 0.2) is 66.7 Å². The van der Waals surface area contributed by atoms with Gasteiger partial charge in [-0.3, -0.25) is 9.59 Å². The van der Waals surface area contributed by atoms with Crippen molar-refractivity contribution in [2.75, 3.05) is 10.6 Å². The topological polar surface area (TPSA) is 67.4 Å². The first-order chi connectivity index (χ1) is 13.4. The zero-order chi connectivity index (χ0) is 20.1. The monoisotopic (exact) mass is 394 g/mol. The van der Waals surface area contributed by atoms with Crippen LogP contribution >= 0.6 is 11.6 Å². The molecule has 0 aromatic heterocycles. The number of halogens is 1. The van der Waals surface area contributed by atoms with E-state index in [1.54, 1.807) is 30.3 Å². The summed E-state index contributed by atoms with van der Waals surface area (Å²) >= 11 is 6.17. The molecule has 0 fully saturated rings. The molecule has 3 aromatic carbocycles. The molecule has 0 saturated heterocycles. The number of carbonyl (C=O) groups is 2. The third-order valence-electron chi connectivity index (χ3n) is 3.97. The molecular formula is C22H19ClN2O3. The molecule has 3 aromatic rings. The Labute approximate surface area is 168 Å². The third kappa shape index (κ3) is 4.90. The minimum atomic E-state index is -0.793. The number of rotatable bonds is 4. The van der Waals surface area contributed by atoms with Gasteiger partial charge in [-0.2, -0.15) is 0 Å². The summed E-state index contributed by atoms with van der Waals surface area (Å²) in [5, 5.41) is 5.51. The molecule has 2 N–H and O–H groups in total. The van der Waals surface area contributed by atoms with Crippen LogP contribution in [0.1, 0.15) is 11.1 Å². The van der Waals surface area contributed by atoms with Crippen molar-refractivity contribution in [3.05, 3.63) is 82.9 Å². The van der Waals surface area contributed by atoms with Crippen LogP contribution in [0.25, 0.3) is 0 Å². The van der Waals surface area contributed by atoms with Gasteiger partial charge in [0.25, 0.3) is 0 Å². The van der Waals surface area contributed by atoms with Crippen molar-refractivity contribution in [3.63, 3.8) is 0 Å². The number of carbonyl (C=O) groups excluding carboxylic acids is 2. The van der Waals surface area contributed by atoms with Crippen LogP contribution in [0.5, 0.6) is 11.5 Å². The van der Waals surface area contributed by atoms with Crippen LogP contribution in [0.2, 0.25) is 5.02 Å². The number of hydrogen-bond donors (Lipinski definition) is 2. The van der Waals surface area contributed by atoms with E-state index in [2.05, 4.69) is 10.6 Å². The van der Waals surface area contributed by atoms with Crippen molar-refractivity contribution in [3.8, 4) is 11.5 Å². The summed E-state index contributed by atoms with van der Waals surface area (Å²) in [7, 11) is 0. The highest BCUT2D eigenvalue weighted by atomic mass is 35.5. The van der Waals surface area contributed by atoms with E-state index in [0.717, 1.165) is 11.1 Å². The van der Waals surface area contributed by atoms with Gasteiger partial charge in [0.05, 0.1) is 10.7 Å². The van der Waals surface area contributed by atoms with Crippen LogP contribution < -0.4 is 15.4 Å². The van der Waals surface area contributed by atoms with E-state index in [4.69, 9.17) is 16.3 Å². The van der Waals surface area contributed by atoms with E-state index >= 15 is 0 Å². The smallest absolute Gasteiger partial charge is 0.314 e. The minimum Gasteiger partial charge on any atom is -0.457 e. The van der Waals surface area contributed by atoms with E-state index in [0.29, 0.717) is 27.9 Å². The first-order valence-electron chi connectivity index (χ1n) is 8.64. The first kappa shape index (κ1) is 19.5. The molecule has 0 radical (unpaired) electrons. The Morgan fingerprint density at radius 2 is 1.43 bits per heavy atom. The number of anilines is 2. The van der Waals surface area contributed by atoms with Gasteiger partial charge < -0.3 is 15.4 Å². The van der Waals surface area contributed by atoms with E-state index < -0.39 is 11.8 Å². The van der Waals surface area contributed by atoms with Crippen molar-refractivity contribution < 1.29 is 14.3 Å². The summed E-state index contributed by atoms with van der Waals surface area (Å²) in [6.07, 6.45) is 0. The second-order valence-electron chi connectivity index (χ2n) is 6.29. The maximum Gasteiger partial charge on any atom is 0.314 e. The summed E-state index contributed by atoms with van der Waals surface area (Å²) in [6, 6.07) is 19.7. The van der Waals surface area contributed by atoms with Gasteiger partial charge in [0.1, 0.15) is 11.5 Å². The fraction of sp³-hybridized carbons (Fsp3) is 0.0909. The first-order valence-corrected chi connectivity index (χ1v) is 9.02. The van der Waals surface area contributed by atoms with E-state index in [1.165, 1.54) is 0 Å². The number of ether oxygens (including phenoxy) is 1. The van der Waals surface area contributed by atoms with Gasteiger partial charge >= 0.3 is 11.8 Å². The van der Waals surface area contributed by atoms with Crippen LogP contribution in [-0.4, -0.2) is 11.8 Å². The maximum atomic E-state index is 12.2. The van der Waals surface area contributed by atoms with Crippen molar-refractivity contribution in [2.24, 2.45) is 0 Å². The lowest BCUT2D eigenvalue weighted by Gasteiger charge is -2.12. The van der Waals surface area contributed by atoms with E-state index in [9.17, 15) is 9.59 Å². The summed E-state index contributed by atoms with van der Waals surface area (Å²) in [4.78, 5) is 24.4. The lowest BCUT2D eigenvalue weighted by atomic mass is 10.1. The second-order valence-corrected chi connectivity index (χ2v) is 6.69. The Balaban J connectivity index is 1.62. The number of para-hydroxylation sites is 1.